The molecule has 0 amide bonds. The van der Waals surface area contributed by atoms with E-state index in [-0.39, 0.29) is 6.61 Å². The van der Waals surface area contributed by atoms with E-state index in [1.54, 1.807) is 18.3 Å². The fourth-order valence-electron chi connectivity index (χ4n) is 0.578. The number of nitrogens with zero attached hydrogens (tertiary/aromatic N) is 1. The SMILES string of the molecule is C/C=C/C.O=C(O)COc1cccnc1. The number of aliphatic carboxylic acids is 1. The molecule has 0 aliphatic rings. The molecule has 1 aromatic rings. The molecular formula is C11H15NO3. The van der Waals surface area contributed by atoms with Gasteiger partial charge in [-0.3, -0.25) is 4.98 Å². The van der Waals surface area contributed by atoms with Crippen molar-refractivity contribution >= 4 is 5.97 Å². The van der Waals surface area contributed by atoms with E-state index in [0.717, 1.165) is 0 Å². The molecule has 0 saturated heterocycles. The first-order valence-electron chi connectivity index (χ1n) is 4.52. The van der Waals surface area contributed by atoms with Crippen molar-refractivity contribution in [2.75, 3.05) is 6.61 Å². The number of hydrogen-bond acceptors (Lipinski definition) is 3. The van der Waals surface area contributed by atoms with E-state index < -0.39 is 5.97 Å². The lowest BCUT2D eigenvalue weighted by Crippen LogP contribution is -2.09. The third kappa shape index (κ3) is 8.49. The van der Waals surface area contributed by atoms with Crippen LogP contribution in [0, 0.1) is 0 Å². The van der Waals surface area contributed by atoms with Crippen molar-refractivity contribution in [2.45, 2.75) is 13.8 Å². The Bertz CT molecular complexity index is 292. The fraction of sp³-hybridized carbons (Fsp3) is 0.273. The summed E-state index contributed by atoms with van der Waals surface area (Å²) >= 11 is 0. The molecule has 0 atom stereocenters. The molecule has 82 valence electrons. The van der Waals surface area contributed by atoms with Crippen LogP contribution in [0.2, 0.25) is 0 Å². The zero-order chi connectivity index (χ0) is 11.5. The zero-order valence-electron chi connectivity index (χ0n) is 8.88. The molecule has 0 bridgehead atoms. The molecular weight excluding hydrogens is 194 g/mol. The minimum atomic E-state index is -0.992. The van der Waals surface area contributed by atoms with E-state index in [4.69, 9.17) is 9.84 Å². The summed E-state index contributed by atoms with van der Waals surface area (Å²) in [4.78, 5) is 13.8. The molecule has 0 fully saturated rings. The van der Waals surface area contributed by atoms with Crippen LogP contribution >= 0.6 is 0 Å². The predicted octanol–water partition coefficient (Wildman–Crippen LogP) is 2.13. The number of aromatic nitrogens is 1. The van der Waals surface area contributed by atoms with Crippen LogP contribution in [0.3, 0.4) is 0 Å². The molecule has 1 rings (SSSR count). The van der Waals surface area contributed by atoms with Crippen molar-refractivity contribution in [3.05, 3.63) is 36.7 Å². The second-order valence-electron chi connectivity index (χ2n) is 2.54. The quantitative estimate of drug-likeness (QED) is 0.775. The summed E-state index contributed by atoms with van der Waals surface area (Å²) in [6.45, 7) is 3.67. The van der Waals surface area contributed by atoms with Gasteiger partial charge in [0.25, 0.3) is 0 Å². The first-order chi connectivity index (χ1) is 7.20. The molecule has 0 saturated carbocycles. The van der Waals surface area contributed by atoms with E-state index in [9.17, 15) is 4.79 Å². The number of allylic oxidation sites excluding steroid dienone is 2. The van der Waals surface area contributed by atoms with Crippen molar-refractivity contribution in [1.29, 1.82) is 0 Å². The summed E-state index contributed by atoms with van der Waals surface area (Å²) in [6, 6.07) is 3.33. The van der Waals surface area contributed by atoms with Gasteiger partial charge >= 0.3 is 5.97 Å². The van der Waals surface area contributed by atoms with Gasteiger partial charge in [0, 0.05) is 6.20 Å². The van der Waals surface area contributed by atoms with Gasteiger partial charge in [-0.1, -0.05) is 12.2 Å². The van der Waals surface area contributed by atoms with Crippen molar-refractivity contribution in [1.82, 2.24) is 4.98 Å². The van der Waals surface area contributed by atoms with Crippen LogP contribution in [-0.4, -0.2) is 22.7 Å². The molecule has 0 radical (unpaired) electrons. The molecule has 15 heavy (non-hydrogen) atoms. The highest BCUT2D eigenvalue weighted by molar-refractivity contribution is 5.68. The highest BCUT2D eigenvalue weighted by atomic mass is 16.5. The number of carboxylic acids is 1. The van der Waals surface area contributed by atoms with E-state index in [1.165, 1.54) is 6.20 Å². The maximum atomic E-state index is 10.0. The lowest BCUT2D eigenvalue weighted by atomic mass is 10.5. The van der Waals surface area contributed by atoms with E-state index in [0.29, 0.717) is 5.75 Å². The highest BCUT2D eigenvalue weighted by Crippen LogP contribution is 2.04. The number of hydrogen-bond donors (Lipinski definition) is 1. The van der Waals surface area contributed by atoms with Gasteiger partial charge in [0.1, 0.15) is 5.75 Å². The topological polar surface area (TPSA) is 59.4 Å². The van der Waals surface area contributed by atoms with Gasteiger partial charge in [-0.25, -0.2) is 4.79 Å². The van der Waals surface area contributed by atoms with Crippen molar-refractivity contribution < 1.29 is 14.6 Å². The van der Waals surface area contributed by atoms with E-state index in [2.05, 4.69) is 4.98 Å². The normalized spacial score (nSPS) is 9.20. The minimum Gasteiger partial charge on any atom is -0.480 e. The molecule has 1 aromatic heterocycles. The molecule has 0 aliphatic heterocycles. The van der Waals surface area contributed by atoms with Crippen LogP contribution in [0.4, 0.5) is 0 Å². The second-order valence-corrected chi connectivity index (χ2v) is 2.54. The third-order valence-corrected chi connectivity index (χ3v) is 1.33. The smallest absolute Gasteiger partial charge is 0.341 e. The van der Waals surface area contributed by atoms with Crippen LogP contribution in [-0.2, 0) is 4.79 Å². The highest BCUT2D eigenvalue weighted by Gasteiger charge is 1.96. The standard InChI is InChI=1S/C7H7NO3.C4H8/c9-7(10)5-11-6-2-1-3-8-4-6;1-3-4-2/h1-4H,5H2,(H,9,10);3-4H,1-2H3/b;4-3+. The fourth-order valence-corrected chi connectivity index (χ4v) is 0.578. The molecule has 1 heterocycles. The van der Waals surface area contributed by atoms with Gasteiger partial charge in [-0.05, 0) is 26.0 Å². The van der Waals surface area contributed by atoms with Gasteiger partial charge in [0.15, 0.2) is 6.61 Å². The molecule has 0 aromatic carbocycles. The number of ether oxygens (including phenoxy) is 1. The lowest BCUT2D eigenvalue weighted by molar-refractivity contribution is -0.139. The van der Waals surface area contributed by atoms with Gasteiger partial charge < -0.3 is 9.84 Å². The zero-order valence-corrected chi connectivity index (χ0v) is 8.88. The first-order valence-corrected chi connectivity index (χ1v) is 4.52. The van der Waals surface area contributed by atoms with Crippen LogP contribution in [0.25, 0.3) is 0 Å². The first kappa shape index (κ1) is 13.2. The molecule has 0 aliphatic carbocycles. The second kappa shape index (κ2) is 8.74. The maximum Gasteiger partial charge on any atom is 0.341 e. The van der Waals surface area contributed by atoms with Crippen LogP contribution in [0.15, 0.2) is 36.7 Å². The Balaban J connectivity index is 0.000000423. The Kier molecular flexibility index (Phi) is 7.67. The summed E-state index contributed by atoms with van der Waals surface area (Å²) in [5.74, 6) is -0.524. The van der Waals surface area contributed by atoms with Crippen LogP contribution < -0.4 is 4.74 Å². The summed E-state index contributed by atoms with van der Waals surface area (Å²) in [5, 5.41) is 8.23. The Labute approximate surface area is 89.2 Å². The molecule has 4 heteroatoms. The number of carboxylic acid groups (broad SMARTS) is 1. The van der Waals surface area contributed by atoms with Gasteiger partial charge in [0.05, 0.1) is 6.20 Å². The summed E-state index contributed by atoms with van der Waals surface area (Å²) in [6.07, 6.45) is 7.05. The maximum absolute atomic E-state index is 10.0. The average molecular weight is 209 g/mol. The molecule has 4 nitrogen and oxygen atoms in total. The predicted molar refractivity (Wildman–Crippen MR) is 57.9 cm³/mol. The molecule has 1 N–H and O–H groups in total. The molecule has 0 unspecified atom stereocenters. The van der Waals surface area contributed by atoms with Crippen molar-refractivity contribution in [2.24, 2.45) is 0 Å². The van der Waals surface area contributed by atoms with Gasteiger partial charge in [0.2, 0.25) is 0 Å². The summed E-state index contributed by atoms with van der Waals surface area (Å²) < 4.78 is 4.81. The third-order valence-electron chi connectivity index (χ3n) is 1.33. The van der Waals surface area contributed by atoms with E-state index in [1.807, 2.05) is 26.0 Å². The van der Waals surface area contributed by atoms with Gasteiger partial charge in [-0.15, -0.1) is 0 Å². The summed E-state index contributed by atoms with van der Waals surface area (Å²) in [7, 11) is 0. The van der Waals surface area contributed by atoms with E-state index >= 15 is 0 Å². The molecule has 0 spiro atoms. The van der Waals surface area contributed by atoms with Gasteiger partial charge in [-0.2, -0.15) is 0 Å². The number of carbonyl (C=O) groups is 1. The largest absolute Gasteiger partial charge is 0.480 e. The summed E-state index contributed by atoms with van der Waals surface area (Å²) in [5.41, 5.74) is 0. The Morgan fingerprint density at radius 2 is 2.20 bits per heavy atom. The minimum absolute atomic E-state index is 0.328. The number of rotatable bonds is 3. The van der Waals surface area contributed by atoms with Crippen molar-refractivity contribution in [3.8, 4) is 5.75 Å². The number of pyridine rings is 1. The van der Waals surface area contributed by atoms with Crippen molar-refractivity contribution in [3.63, 3.8) is 0 Å². The Morgan fingerprint density at radius 1 is 1.53 bits per heavy atom. The lowest BCUT2D eigenvalue weighted by Gasteiger charge is -1.99. The van der Waals surface area contributed by atoms with Crippen LogP contribution in [0.5, 0.6) is 5.75 Å². The average Bonchev–Trinajstić information content (AvgIpc) is 2.28. The Morgan fingerprint density at radius 3 is 2.60 bits per heavy atom. The monoisotopic (exact) mass is 209 g/mol. The Hall–Kier alpha value is -1.84. The van der Waals surface area contributed by atoms with Crippen LogP contribution in [0.1, 0.15) is 13.8 Å².